The molecule has 0 fully saturated rings. The second-order valence-corrected chi connectivity index (χ2v) is 4.27. The fraction of sp³-hybridized carbons (Fsp3) is 0.200. The molecule has 0 aliphatic heterocycles. The number of aliphatic hydroxyl groups is 1. The predicted molar refractivity (Wildman–Crippen MR) is 67.3 cm³/mol. The van der Waals surface area contributed by atoms with Gasteiger partial charge in [-0.25, -0.2) is 8.78 Å². The number of aryl methyl sites for hydroxylation is 1. The van der Waals surface area contributed by atoms with Crippen LogP contribution in [0.25, 0.3) is 11.1 Å². The first-order valence-electron chi connectivity index (χ1n) is 5.77. The third kappa shape index (κ3) is 2.57. The fourth-order valence-corrected chi connectivity index (χ4v) is 1.91. The van der Waals surface area contributed by atoms with Crippen LogP contribution in [-0.2, 0) is 6.42 Å². The predicted octanol–water partition coefficient (Wildman–Crippen LogP) is 3.48. The summed E-state index contributed by atoms with van der Waals surface area (Å²) in [5.41, 5.74) is 2.16. The second kappa shape index (κ2) is 5.27. The fourth-order valence-electron chi connectivity index (χ4n) is 1.91. The number of benzene rings is 2. The summed E-state index contributed by atoms with van der Waals surface area (Å²) in [5.74, 6) is -0.901. The third-order valence-corrected chi connectivity index (χ3v) is 2.84. The Morgan fingerprint density at radius 3 is 2.22 bits per heavy atom. The van der Waals surface area contributed by atoms with Gasteiger partial charge in [0.25, 0.3) is 0 Å². The third-order valence-electron chi connectivity index (χ3n) is 2.84. The van der Waals surface area contributed by atoms with Crippen LogP contribution in [0.3, 0.4) is 0 Å². The van der Waals surface area contributed by atoms with Crippen molar-refractivity contribution in [2.24, 2.45) is 0 Å². The van der Waals surface area contributed by atoms with E-state index >= 15 is 0 Å². The zero-order valence-electron chi connectivity index (χ0n) is 10.1. The molecule has 0 radical (unpaired) electrons. The summed E-state index contributed by atoms with van der Waals surface area (Å²) in [6.07, 6.45) is 0.431. The summed E-state index contributed by atoms with van der Waals surface area (Å²) in [4.78, 5) is 0. The van der Waals surface area contributed by atoms with Crippen molar-refractivity contribution in [2.75, 3.05) is 6.61 Å². The summed E-state index contributed by atoms with van der Waals surface area (Å²) in [6.45, 7) is 1.82. The van der Waals surface area contributed by atoms with Gasteiger partial charge < -0.3 is 5.11 Å². The van der Waals surface area contributed by atoms with Crippen molar-refractivity contribution >= 4 is 0 Å². The molecule has 0 aliphatic rings. The maximum absolute atomic E-state index is 13.8. The molecule has 0 spiro atoms. The zero-order chi connectivity index (χ0) is 13.1. The molecule has 18 heavy (non-hydrogen) atoms. The highest BCUT2D eigenvalue weighted by Gasteiger charge is 2.11. The molecular formula is C15H14F2O. The number of halogens is 2. The second-order valence-electron chi connectivity index (χ2n) is 4.27. The van der Waals surface area contributed by atoms with Gasteiger partial charge in [0.1, 0.15) is 11.6 Å². The molecule has 2 rings (SSSR count). The van der Waals surface area contributed by atoms with E-state index in [1.807, 2.05) is 6.92 Å². The van der Waals surface area contributed by atoms with Gasteiger partial charge in [-0.2, -0.15) is 0 Å². The highest BCUT2D eigenvalue weighted by Crippen LogP contribution is 2.27. The Hall–Kier alpha value is -1.74. The van der Waals surface area contributed by atoms with Gasteiger partial charge in [-0.15, -0.1) is 0 Å². The van der Waals surface area contributed by atoms with E-state index in [1.165, 1.54) is 12.1 Å². The maximum Gasteiger partial charge on any atom is 0.131 e. The minimum absolute atomic E-state index is 0.0125. The van der Waals surface area contributed by atoms with Crippen LogP contribution in [0.5, 0.6) is 0 Å². The number of hydrogen-bond acceptors (Lipinski definition) is 1. The van der Waals surface area contributed by atoms with E-state index in [4.69, 9.17) is 5.11 Å². The van der Waals surface area contributed by atoms with Crippen LogP contribution in [-0.4, -0.2) is 11.7 Å². The van der Waals surface area contributed by atoms with E-state index in [0.29, 0.717) is 6.42 Å². The van der Waals surface area contributed by atoms with Gasteiger partial charge in [0.2, 0.25) is 0 Å². The average Bonchev–Trinajstić information content (AvgIpc) is 2.35. The molecule has 0 saturated carbocycles. The Morgan fingerprint density at radius 2 is 1.56 bits per heavy atom. The van der Waals surface area contributed by atoms with Crippen LogP contribution >= 0.6 is 0 Å². The molecule has 1 N–H and O–H groups in total. The van der Waals surface area contributed by atoms with Crippen LogP contribution in [0.4, 0.5) is 8.78 Å². The highest BCUT2D eigenvalue weighted by molar-refractivity contribution is 5.66. The Bertz CT molecular complexity index is 564. The molecule has 0 atom stereocenters. The smallest absolute Gasteiger partial charge is 0.131 e. The summed E-state index contributed by atoms with van der Waals surface area (Å²) in [6, 6.07) is 9.10. The Labute approximate surface area is 105 Å². The maximum atomic E-state index is 13.8. The van der Waals surface area contributed by atoms with E-state index in [2.05, 4.69) is 0 Å². The molecule has 0 heterocycles. The molecule has 94 valence electrons. The molecule has 0 bridgehead atoms. The van der Waals surface area contributed by atoms with E-state index in [0.717, 1.165) is 11.1 Å². The summed E-state index contributed by atoms with van der Waals surface area (Å²) < 4.78 is 27.5. The lowest BCUT2D eigenvalue weighted by molar-refractivity contribution is 0.299. The van der Waals surface area contributed by atoms with Crippen LogP contribution in [0, 0.1) is 18.6 Å². The van der Waals surface area contributed by atoms with Crippen molar-refractivity contribution in [2.45, 2.75) is 13.3 Å². The van der Waals surface area contributed by atoms with Gasteiger partial charge in [-0.05, 0) is 43.2 Å². The van der Waals surface area contributed by atoms with Crippen molar-refractivity contribution in [1.29, 1.82) is 0 Å². The van der Waals surface area contributed by atoms with Crippen LogP contribution < -0.4 is 0 Å². The lowest BCUT2D eigenvalue weighted by Crippen LogP contribution is -1.95. The van der Waals surface area contributed by atoms with Crippen LogP contribution in [0.2, 0.25) is 0 Å². The Balaban J connectivity index is 2.55. The van der Waals surface area contributed by atoms with Crippen molar-refractivity contribution < 1.29 is 13.9 Å². The quantitative estimate of drug-likeness (QED) is 0.881. The molecule has 1 nitrogen and oxygen atoms in total. The minimum Gasteiger partial charge on any atom is -0.396 e. The topological polar surface area (TPSA) is 20.2 Å². The molecule has 0 unspecified atom stereocenters. The molecule has 2 aromatic rings. The Kier molecular flexibility index (Phi) is 3.72. The highest BCUT2D eigenvalue weighted by atomic mass is 19.1. The van der Waals surface area contributed by atoms with E-state index in [9.17, 15) is 8.78 Å². The number of rotatable bonds is 3. The van der Waals surface area contributed by atoms with E-state index in [1.54, 1.807) is 24.3 Å². The normalized spacial score (nSPS) is 10.7. The van der Waals surface area contributed by atoms with Gasteiger partial charge in [-0.3, -0.25) is 0 Å². The number of aliphatic hydroxyl groups excluding tert-OH is 1. The molecule has 0 saturated heterocycles. The zero-order valence-corrected chi connectivity index (χ0v) is 10.1. The molecule has 0 amide bonds. The van der Waals surface area contributed by atoms with Gasteiger partial charge in [0.05, 0.1) is 0 Å². The monoisotopic (exact) mass is 248 g/mol. The van der Waals surface area contributed by atoms with Crippen molar-refractivity contribution in [3.8, 4) is 11.1 Å². The number of hydrogen-bond donors (Lipinski definition) is 1. The largest absolute Gasteiger partial charge is 0.396 e. The van der Waals surface area contributed by atoms with Crippen molar-refractivity contribution in [1.82, 2.24) is 0 Å². The molecule has 3 heteroatoms. The van der Waals surface area contributed by atoms with Crippen LogP contribution in [0.1, 0.15) is 11.1 Å². The first-order valence-corrected chi connectivity index (χ1v) is 5.77. The first kappa shape index (κ1) is 12.7. The summed E-state index contributed by atoms with van der Waals surface area (Å²) in [7, 11) is 0. The van der Waals surface area contributed by atoms with Gasteiger partial charge in [0.15, 0.2) is 0 Å². The van der Waals surface area contributed by atoms with Gasteiger partial charge in [-0.1, -0.05) is 17.7 Å². The molecule has 2 aromatic carbocycles. The SMILES string of the molecule is Cc1ccc(F)c(-c2cc(CCO)ccc2F)c1. The van der Waals surface area contributed by atoms with Crippen molar-refractivity contribution in [3.05, 3.63) is 59.2 Å². The summed E-state index contributed by atoms with van der Waals surface area (Å²) >= 11 is 0. The lowest BCUT2D eigenvalue weighted by atomic mass is 9.99. The lowest BCUT2D eigenvalue weighted by Gasteiger charge is -2.08. The average molecular weight is 248 g/mol. The minimum atomic E-state index is -0.457. The summed E-state index contributed by atoms with van der Waals surface area (Å²) in [5, 5.41) is 8.88. The van der Waals surface area contributed by atoms with Gasteiger partial charge >= 0.3 is 0 Å². The van der Waals surface area contributed by atoms with Gasteiger partial charge in [0, 0.05) is 17.7 Å². The van der Waals surface area contributed by atoms with E-state index < -0.39 is 11.6 Å². The van der Waals surface area contributed by atoms with E-state index in [-0.39, 0.29) is 17.7 Å². The first-order chi connectivity index (χ1) is 8.61. The van der Waals surface area contributed by atoms with Crippen LogP contribution in [0.15, 0.2) is 36.4 Å². The molecule has 0 aliphatic carbocycles. The standard InChI is InChI=1S/C15H14F2O/c1-10-2-4-14(16)12(8-10)13-9-11(6-7-18)3-5-15(13)17/h2-5,8-9,18H,6-7H2,1H3. The Morgan fingerprint density at radius 1 is 0.944 bits per heavy atom. The molecule has 0 aromatic heterocycles. The molecular weight excluding hydrogens is 234 g/mol. The van der Waals surface area contributed by atoms with Crippen molar-refractivity contribution in [3.63, 3.8) is 0 Å².